The molecule has 5 nitrogen and oxygen atoms in total. The largest absolute Gasteiger partial charge is 0.392 e. The fourth-order valence-corrected chi connectivity index (χ4v) is 1.98. The molecule has 1 heterocycles. The van der Waals surface area contributed by atoms with Crippen molar-refractivity contribution in [3.63, 3.8) is 0 Å². The van der Waals surface area contributed by atoms with Gasteiger partial charge in [-0.25, -0.2) is 0 Å². The van der Waals surface area contributed by atoms with Crippen LogP contribution in [0.2, 0.25) is 0 Å². The Morgan fingerprint density at radius 2 is 2.11 bits per heavy atom. The minimum Gasteiger partial charge on any atom is -0.392 e. The Bertz CT molecular complexity index is 456. The molecule has 0 aliphatic carbocycles. The molecule has 0 radical (unpaired) electrons. The highest BCUT2D eigenvalue weighted by Crippen LogP contribution is 2.12. The molecule has 96 valence electrons. The number of carbonyl (C=O) groups excluding carboxylic acids is 2. The maximum Gasteiger partial charge on any atom is 0.254 e. The summed E-state index contributed by atoms with van der Waals surface area (Å²) in [7, 11) is 0. The maximum atomic E-state index is 12.2. The number of hydrogen-bond donors (Lipinski definition) is 2. The first kappa shape index (κ1) is 12.6. The fourth-order valence-electron chi connectivity index (χ4n) is 1.98. The molecule has 0 aromatic heterocycles. The molecule has 0 spiro atoms. The molecule has 0 saturated carbocycles. The first-order valence-corrected chi connectivity index (χ1v) is 5.92. The molecule has 1 aliphatic rings. The van der Waals surface area contributed by atoms with Gasteiger partial charge < -0.3 is 15.3 Å². The van der Waals surface area contributed by atoms with E-state index in [4.69, 9.17) is 5.11 Å². The van der Waals surface area contributed by atoms with Gasteiger partial charge in [-0.15, -0.1) is 0 Å². The van der Waals surface area contributed by atoms with Crippen LogP contribution in [0.5, 0.6) is 0 Å². The van der Waals surface area contributed by atoms with Crippen molar-refractivity contribution in [2.75, 3.05) is 13.1 Å². The van der Waals surface area contributed by atoms with E-state index in [0.717, 1.165) is 5.56 Å². The van der Waals surface area contributed by atoms with E-state index in [1.807, 2.05) is 0 Å². The van der Waals surface area contributed by atoms with Crippen molar-refractivity contribution >= 4 is 11.8 Å². The van der Waals surface area contributed by atoms with Crippen molar-refractivity contribution < 1.29 is 14.7 Å². The summed E-state index contributed by atoms with van der Waals surface area (Å²) in [6, 6.07) is 6.33. The topological polar surface area (TPSA) is 69.6 Å². The molecule has 2 amide bonds. The van der Waals surface area contributed by atoms with Gasteiger partial charge in [0.15, 0.2) is 0 Å². The van der Waals surface area contributed by atoms with Crippen molar-refractivity contribution in [3.05, 3.63) is 35.4 Å². The second kappa shape index (κ2) is 5.18. The third kappa shape index (κ3) is 2.36. The lowest BCUT2D eigenvalue weighted by atomic mass is 10.1. The molecule has 1 saturated heterocycles. The van der Waals surface area contributed by atoms with Crippen LogP contribution in [-0.4, -0.2) is 41.0 Å². The van der Waals surface area contributed by atoms with Gasteiger partial charge in [0.25, 0.3) is 5.91 Å². The predicted octanol–water partition coefficient (Wildman–Crippen LogP) is 0.139. The van der Waals surface area contributed by atoms with E-state index < -0.39 is 6.04 Å². The Balaban J connectivity index is 2.16. The van der Waals surface area contributed by atoms with Crippen molar-refractivity contribution in [1.82, 2.24) is 10.2 Å². The van der Waals surface area contributed by atoms with Gasteiger partial charge in [-0.3, -0.25) is 9.59 Å². The third-order valence-electron chi connectivity index (χ3n) is 3.14. The van der Waals surface area contributed by atoms with Gasteiger partial charge in [0, 0.05) is 18.7 Å². The number of benzene rings is 1. The number of aliphatic hydroxyl groups is 1. The van der Waals surface area contributed by atoms with Crippen LogP contribution in [-0.2, 0) is 11.4 Å². The second-order valence-electron chi connectivity index (χ2n) is 4.32. The Labute approximate surface area is 105 Å². The first-order chi connectivity index (χ1) is 8.63. The standard InChI is InChI=1S/C13H16N2O3/c1-9-12(17)14-6-7-15(9)13(18)11-4-2-10(8-16)3-5-11/h2-5,9,16H,6-8H2,1H3,(H,14,17). The lowest BCUT2D eigenvalue weighted by Gasteiger charge is -2.32. The fraction of sp³-hybridized carbons (Fsp3) is 0.385. The summed E-state index contributed by atoms with van der Waals surface area (Å²) in [6.07, 6.45) is 0. The Morgan fingerprint density at radius 1 is 1.44 bits per heavy atom. The monoisotopic (exact) mass is 248 g/mol. The molecule has 5 heteroatoms. The average molecular weight is 248 g/mol. The number of piperazine rings is 1. The zero-order valence-corrected chi connectivity index (χ0v) is 10.2. The maximum absolute atomic E-state index is 12.2. The van der Waals surface area contributed by atoms with Gasteiger partial charge in [-0.1, -0.05) is 12.1 Å². The summed E-state index contributed by atoms with van der Waals surface area (Å²) >= 11 is 0. The molecule has 1 aliphatic heterocycles. The van der Waals surface area contributed by atoms with Crippen molar-refractivity contribution in [2.45, 2.75) is 19.6 Å². The minimum absolute atomic E-state index is 0.0446. The van der Waals surface area contributed by atoms with Crippen LogP contribution in [0, 0.1) is 0 Å². The number of nitrogens with zero attached hydrogens (tertiary/aromatic N) is 1. The Kier molecular flexibility index (Phi) is 3.62. The number of rotatable bonds is 2. The number of aliphatic hydroxyl groups excluding tert-OH is 1. The average Bonchev–Trinajstić information content (AvgIpc) is 2.41. The Morgan fingerprint density at radius 3 is 2.72 bits per heavy atom. The molecule has 1 atom stereocenters. The van der Waals surface area contributed by atoms with Gasteiger partial charge in [0.1, 0.15) is 6.04 Å². The van der Waals surface area contributed by atoms with Crippen molar-refractivity contribution in [3.8, 4) is 0 Å². The summed E-state index contributed by atoms with van der Waals surface area (Å²) in [5.74, 6) is -0.275. The number of hydrogen-bond acceptors (Lipinski definition) is 3. The molecule has 2 N–H and O–H groups in total. The summed E-state index contributed by atoms with van der Waals surface area (Å²) in [5.41, 5.74) is 1.30. The van der Waals surface area contributed by atoms with Crippen LogP contribution in [0.3, 0.4) is 0 Å². The first-order valence-electron chi connectivity index (χ1n) is 5.92. The number of nitrogens with one attached hydrogen (secondary N) is 1. The van der Waals surface area contributed by atoms with Gasteiger partial charge in [0.05, 0.1) is 6.61 Å². The highest BCUT2D eigenvalue weighted by atomic mass is 16.3. The van der Waals surface area contributed by atoms with Gasteiger partial charge >= 0.3 is 0 Å². The van der Waals surface area contributed by atoms with Crippen LogP contribution in [0.15, 0.2) is 24.3 Å². The van der Waals surface area contributed by atoms with Crippen molar-refractivity contribution in [1.29, 1.82) is 0 Å². The van der Waals surface area contributed by atoms with E-state index in [2.05, 4.69) is 5.32 Å². The van der Waals surface area contributed by atoms with Crippen LogP contribution in [0.4, 0.5) is 0 Å². The van der Waals surface area contributed by atoms with E-state index in [1.165, 1.54) is 0 Å². The summed E-state index contributed by atoms with van der Waals surface area (Å²) < 4.78 is 0. The molecular formula is C13H16N2O3. The SMILES string of the molecule is CC1C(=O)NCCN1C(=O)c1ccc(CO)cc1. The van der Waals surface area contributed by atoms with Gasteiger partial charge in [-0.05, 0) is 24.6 Å². The molecule has 1 aromatic carbocycles. The summed E-state index contributed by atoms with van der Waals surface area (Å²) in [6.45, 7) is 2.68. The highest BCUT2D eigenvalue weighted by molar-refractivity contribution is 5.98. The molecule has 1 aromatic rings. The predicted molar refractivity (Wildman–Crippen MR) is 65.9 cm³/mol. The quantitative estimate of drug-likeness (QED) is 0.782. The van der Waals surface area contributed by atoms with Crippen LogP contribution < -0.4 is 5.32 Å². The molecule has 1 fully saturated rings. The van der Waals surface area contributed by atoms with Crippen LogP contribution in [0.25, 0.3) is 0 Å². The van der Waals surface area contributed by atoms with E-state index in [9.17, 15) is 9.59 Å². The van der Waals surface area contributed by atoms with E-state index >= 15 is 0 Å². The number of carbonyl (C=O) groups is 2. The Hall–Kier alpha value is -1.88. The summed E-state index contributed by atoms with van der Waals surface area (Å²) in [4.78, 5) is 25.3. The second-order valence-corrected chi connectivity index (χ2v) is 4.32. The summed E-state index contributed by atoms with van der Waals surface area (Å²) in [5, 5.41) is 11.7. The molecule has 2 rings (SSSR count). The van der Waals surface area contributed by atoms with Gasteiger partial charge in [-0.2, -0.15) is 0 Å². The number of amides is 2. The van der Waals surface area contributed by atoms with Gasteiger partial charge in [0.2, 0.25) is 5.91 Å². The van der Waals surface area contributed by atoms with E-state index in [-0.39, 0.29) is 18.4 Å². The van der Waals surface area contributed by atoms with Crippen LogP contribution >= 0.6 is 0 Å². The van der Waals surface area contributed by atoms with E-state index in [0.29, 0.717) is 18.7 Å². The molecule has 0 bridgehead atoms. The molecule has 1 unspecified atom stereocenters. The zero-order valence-electron chi connectivity index (χ0n) is 10.2. The highest BCUT2D eigenvalue weighted by Gasteiger charge is 2.29. The molecule has 18 heavy (non-hydrogen) atoms. The smallest absolute Gasteiger partial charge is 0.254 e. The lowest BCUT2D eigenvalue weighted by molar-refractivity contribution is -0.127. The van der Waals surface area contributed by atoms with E-state index in [1.54, 1.807) is 36.1 Å². The minimum atomic E-state index is -0.441. The zero-order chi connectivity index (χ0) is 13.1. The molecular weight excluding hydrogens is 232 g/mol. The third-order valence-corrected chi connectivity index (χ3v) is 3.14. The van der Waals surface area contributed by atoms with Crippen LogP contribution in [0.1, 0.15) is 22.8 Å². The normalized spacial score (nSPS) is 19.6. The van der Waals surface area contributed by atoms with Crippen molar-refractivity contribution in [2.24, 2.45) is 0 Å². The lowest BCUT2D eigenvalue weighted by Crippen LogP contribution is -2.55.